The summed E-state index contributed by atoms with van der Waals surface area (Å²) < 4.78 is 31.7. The van der Waals surface area contributed by atoms with Crippen LogP contribution in [0.15, 0.2) is 12.1 Å². The number of anilines is 1. The number of aromatic carboxylic acids is 1. The standard InChI is InChI=1S/C11H11F2NO3/c12-7-5-8(13)10(11(15)16)9(6-7)14-1-3-17-4-2-14/h5-6H,1-4H2,(H,15,16). The van der Waals surface area contributed by atoms with E-state index < -0.39 is 23.2 Å². The second-order valence-electron chi connectivity index (χ2n) is 3.69. The highest BCUT2D eigenvalue weighted by Gasteiger charge is 2.23. The minimum Gasteiger partial charge on any atom is -0.478 e. The van der Waals surface area contributed by atoms with Crippen molar-refractivity contribution in [3.05, 3.63) is 29.3 Å². The van der Waals surface area contributed by atoms with Gasteiger partial charge in [-0.1, -0.05) is 0 Å². The van der Waals surface area contributed by atoms with Gasteiger partial charge in [0.1, 0.15) is 17.2 Å². The number of carbonyl (C=O) groups is 1. The highest BCUT2D eigenvalue weighted by atomic mass is 19.1. The molecule has 1 saturated heterocycles. The molecule has 0 radical (unpaired) electrons. The van der Waals surface area contributed by atoms with E-state index in [2.05, 4.69) is 0 Å². The first-order valence-electron chi connectivity index (χ1n) is 5.14. The molecule has 1 aromatic rings. The summed E-state index contributed by atoms with van der Waals surface area (Å²) >= 11 is 0. The van der Waals surface area contributed by atoms with Gasteiger partial charge in [0, 0.05) is 19.2 Å². The van der Waals surface area contributed by atoms with Crippen molar-refractivity contribution in [3.63, 3.8) is 0 Å². The second-order valence-corrected chi connectivity index (χ2v) is 3.69. The number of carboxylic acid groups (broad SMARTS) is 1. The summed E-state index contributed by atoms with van der Waals surface area (Å²) in [7, 11) is 0. The maximum atomic E-state index is 13.4. The number of nitrogens with zero attached hydrogens (tertiary/aromatic N) is 1. The van der Waals surface area contributed by atoms with Crippen LogP contribution in [0.1, 0.15) is 10.4 Å². The summed E-state index contributed by atoms with van der Waals surface area (Å²) in [6, 6.07) is 1.62. The van der Waals surface area contributed by atoms with Crippen molar-refractivity contribution in [2.24, 2.45) is 0 Å². The van der Waals surface area contributed by atoms with Crippen molar-refractivity contribution in [3.8, 4) is 0 Å². The molecule has 1 aliphatic heterocycles. The lowest BCUT2D eigenvalue weighted by Crippen LogP contribution is -2.37. The van der Waals surface area contributed by atoms with E-state index in [9.17, 15) is 13.6 Å². The van der Waals surface area contributed by atoms with E-state index in [1.165, 1.54) is 0 Å². The van der Waals surface area contributed by atoms with Crippen LogP contribution in [-0.4, -0.2) is 37.4 Å². The van der Waals surface area contributed by atoms with Crippen molar-refractivity contribution in [1.82, 2.24) is 0 Å². The first kappa shape index (κ1) is 11.8. The van der Waals surface area contributed by atoms with Gasteiger partial charge in [-0.3, -0.25) is 0 Å². The van der Waals surface area contributed by atoms with Gasteiger partial charge in [0.15, 0.2) is 0 Å². The Kier molecular flexibility index (Phi) is 3.23. The SMILES string of the molecule is O=C(O)c1c(F)cc(F)cc1N1CCOCC1. The highest BCUT2D eigenvalue weighted by Crippen LogP contribution is 2.25. The van der Waals surface area contributed by atoms with E-state index in [1.54, 1.807) is 4.90 Å². The predicted molar refractivity (Wildman–Crippen MR) is 56.3 cm³/mol. The maximum absolute atomic E-state index is 13.4. The molecule has 0 aliphatic carbocycles. The van der Waals surface area contributed by atoms with Gasteiger partial charge >= 0.3 is 5.97 Å². The fourth-order valence-corrected chi connectivity index (χ4v) is 1.83. The summed E-state index contributed by atoms with van der Waals surface area (Å²) in [6.07, 6.45) is 0. The molecule has 92 valence electrons. The lowest BCUT2D eigenvalue weighted by atomic mass is 10.1. The summed E-state index contributed by atoms with van der Waals surface area (Å²) in [5, 5.41) is 8.95. The normalized spacial score (nSPS) is 16.0. The molecular weight excluding hydrogens is 232 g/mol. The molecule has 1 heterocycles. The third-order valence-electron chi connectivity index (χ3n) is 2.60. The smallest absolute Gasteiger partial charge is 0.340 e. The Morgan fingerprint density at radius 2 is 1.94 bits per heavy atom. The molecule has 1 aliphatic rings. The number of halogens is 2. The molecule has 4 nitrogen and oxygen atoms in total. The lowest BCUT2D eigenvalue weighted by Gasteiger charge is -2.30. The van der Waals surface area contributed by atoms with Crippen LogP contribution in [0.4, 0.5) is 14.5 Å². The molecule has 0 bridgehead atoms. The molecule has 0 atom stereocenters. The Bertz CT molecular complexity index is 445. The molecule has 0 unspecified atom stereocenters. The largest absolute Gasteiger partial charge is 0.478 e. The van der Waals surface area contributed by atoms with Crippen LogP contribution in [0.3, 0.4) is 0 Å². The number of benzene rings is 1. The number of morpholine rings is 1. The zero-order chi connectivity index (χ0) is 12.4. The minimum absolute atomic E-state index is 0.0679. The van der Waals surface area contributed by atoms with E-state index in [0.717, 1.165) is 6.07 Å². The number of rotatable bonds is 2. The van der Waals surface area contributed by atoms with Gasteiger partial charge in [-0.2, -0.15) is 0 Å². The Labute approximate surface area is 96.4 Å². The molecule has 0 saturated carbocycles. The van der Waals surface area contributed by atoms with Crippen molar-refractivity contribution < 1.29 is 23.4 Å². The fraction of sp³-hybridized carbons (Fsp3) is 0.364. The van der Waals surface area contributed by atoms with E-state index in [-0.39, 0.29) is 5.69 Å². The molecular formula is C11H11F2NO3. The molecule has 0 spiro atoms. The van der Waals surface area contributed by atoms with Gasteiger partial charge in [-0.25, -0.2) is 13.6 Å². The summed E-state index contributed by atoms with van der Waals surface area (Å²) in [4.78, 5) is 12.6. The average Bonchev–Trinajstić information content (AvgIpc) is 2.28. The maximum Gasteiger partial charge on any atom is 0.340 e. The van der Waals surface area contributed by atoms with Crippen LogP contribution < -0.4 is 4.90 Å². The fourth-order valence-electron chi connectivity index (χ4n) is 1.83. The monoisotopic (exact) mass is 243 g/mol. The molecule has 17 heavy (non-hydrogen) atoms. The highest BCUT2D eigenvalue weighted by molar-refractivity contribution is 5.94. The van der Waals surface area contributed by atoms with Crippen LogP contribution in [0.2, 0.25) is 0 Å². The molecule has 1 fully saturated rings. The molecule has 1 N–H and O–H groups in total. The van der Waals surface area contributed by atoms with Crippen LogP contribution in [-0.2, 0) is 4.74 Å². The van der Waals surface area contributed by atoms with Gasteiger partial charge < -0.3 is 14.7 Å². The van der Waals surface area contributed by atoms with Crippen molar-refractivity contribution >= 4 is 11.7 Å². The zero-order valence-electron chi connectivity index (χ0n) is 8.95. The number of hydrogen-bond donors (Lipinski definition) is 1. The Balaban J connectivity index is 2.46. The molecule has 0 aromatic heterocycles. The third kappa shape index (κ3) is 2.36. The number of ether oxygens (including phenoxy) is 1. The number of hydrogen-bond acceptors (Lipinski definition) is 3. The summed E-state index contributed by atoms with van der Waals surface area (Å²) in [5.41, 5.74) is -0.424. The van der Waals surface area contributed by atoms with Crippen molar-refractivity contribution in [2.75, 3.05) is 31.2 Å². The second kappa shape index (κ2) is 4.67. The van der Waals surface area contributed by atoms with Crippen LogP contribution in [0, 0.1) is 11.6 Å². The van der Waals surface area contributed by atoms with E-state index in [0.29, 0.717) is 32.4 Å². The molecule has 0 amide bonds. The number of carboxylic acids is 1. The van der Waals surface area contributed by atoms with Crippen LogP contribution in [0.25, 0.3) is 0 Å². The third-order valence-corrected chi connectivity index (χ3v) is 2.60. The summed E-state index contributed by atoms with van der Waals surface area (Å²) in [5.74, 6) is -3.24. The van der Waals surface area contributed by atoms with Crippen molar-refractivity contribution in [1.29, 1.82) is 0 Å². The summed E-state index contributed by atoms with van der Waals surface area (Å²) in [6.45, 7) is 1.67. The van der Waals surface area contributed by atoms with Crippen LogP contribution >= 0.6 is 0 Å². The quantitative estimate of drug-likeness (QED) is 0.855. The molecule has 2 rings (SSSR count). The lowest BCUT2D eigenvalue weighted by molar-refractivity contribution is 0.0691. The van der Waals surface area contributed by atoms with E-state index in [4.69, 9.17) is 9.84 Å². The van der Waals surface area contributed by atoms with Gasteiger partial charge in [-0.05, 0) is 6.07 Å². The van der Waals surface area contributed by atoms with Gasteiger partial charge in [-0.15, -0.1) is 0 Å². The Hall–Kier alpha value is -1.69. The van der Waals surface area contributed by atoms with Gasteiger partial charge in [0.25, 0.3) is 0 Å². The first-order valence-corrected chi connectivity index (χ1v) is 5.14. The van der Waals surface area contributed by atoms with Gasteiger partial charge in [0.2, 0.25) is 0 Å². The Morgan fingerprint density at radius 1 is 1.29 bits per heavy atom. The van der Waals surface area contributed by atoms with E-state index >= 15 is 0 Å². The van der Waals surface area contributed by atoms with Crippen molar-refractivity contribution in [2.45, 2.75) is 0 Å². The topological polar surface area (TPSA) is 49.8 Å². The minimum atomic E-state index is -1.40. The van der Waals surface area contributed by atoms with Gasteiger partial charge in [0.05, 0.1) is 18.9 Å². The average molecular weight is 243 g/mol. The molecule has 1 aromatic carbocycles. The molecule has 6 heteroatoms. The Morgan fingerprint density at radius 3 is 2.53 bits per heavy atom. The first-order chi connectivity index (χ1) is 8.09. The van der Waals surface area contributed by atoms with E-state index in [1.807, 2.05) is 0 Å². The zero-order valence-corrected chi connectivity index (χ0v) is 8.95. The van der Waals surface area contributed by atoms with Crippen LogP contribution in [0.5, 0.6) is 0 Å². The predicted octanol–water partition coefficient (Wildman–Crippen LogP) is 1.50.